The Balaban J connectivity index is 1.77. The van der Waals surface area contributed by atoms with Crippen molar-refractivity contribution in [2.24, 2.45) is 0 Å². The predicted octanol–water partition coefficient (Wildman–Crippen LogP) is 6.27. The maximum atomic E-state index is 12.6. The van der Waals surface area contributed by atoms with Gasteiger partial charge in [0, 0.05) is 34.2 Å². The fourth-order valence-corrected chi connectivity index (χ4v) is 4.37. The molecule has 1 aliphatic rings. The van der Waals surface area contributed by atoms with Gasteiger partial charge in [-0.1, -0.05) is 43.2 Å². The highest BCUT2D eigenvalue weighted by Gasteiger charge is 2.20. The minimum absolute atomic E-state index is 0.0323. The summed E-state index contributed by atoms with van der Waals surface area (Å²) in [6.07, 6.45) is 8.04. The van der Waals surface area contributed by atoms with Gasteiger partial charge in [-0.05, 0) is 50.8 Å². The molecule has 30 heavy (non-hydrogen) atoms. The number of aryl methyl sites for hydroxylation is 1. The van der Waals surface area contributed by atoms with Crippen LogP contribution >= 0.6 is 0 Å². The van der Waals surface area contributed by atoms with Crippen LogP contribution < -0.4 is 10.1 Å². The lowest BCUT2D eigenvalue weighted by molar-refractivity contribution is -0.117. The van der Waals surface area contributed by atoms with Gasteiger partial charge in [-0.3, -0.25) is 4.79 Å². The average molecular weight is 404 g/mol. The largest absolute Gasteiger partial charge is 0.493 e. The summed E-state index contributed by atoms with van der Waals surface area (Å²) in [5.74, 6) is 0.747. The summed E-state index contributed by atoms with van der Waals surface area (Å²) in [6.45, 7) is 6.50. The molecule has 1 aliphatic carbocycles. The van der Waals surface area contributed by atoms with Crippen LogP contribution in [0.4, 0.5) is 0 Å². The molecule has 3 aromatic rings. The molecule has 0 radical (unpaired) electrons. The highest BCUT2D eigenvalue weighted by atomic mass is 16.5. The molecule has 4 rings (SSSR count). The first-order valence-electron chi connectivity index (χ1n) is 10.8. The van der Waals surface area contributed by atoms with E-state index in [1.54, 1.807) is 12.3 Å². The van der Waals surface area contributed by atoms with Crippen LogP contribution in [0.3, 0.4) is 0 Å². The lowest BCUT2D eigenvalue weighted by atomic mass is 9.96. The van der Waals surface area contributed by atoms with Crippen LogP contribution in [0.15, 0.2) is 53.2 Å². The first-order valence-corrected chi connectivity index (χ1v) is 10.8. The molecule has 4 heteroatoms. The van der Waals surface area contributed by atoms with Crippen molar-refractivity contribution in [3.63, 3.8) is 0 Å². The van der Waals surface area contributed by atoms with E-state index in [0.717, 1.165) is 57.4 Å². The molecule has 4 nitrogen and oxygen atoms in total. The third-order valence-corrected chi connectivity index (χ3v) is 5.89. The lowest BCUT2D eigenvalue weighted by Gasteiger charge is -2.15. The van der Waals surface area contributed by atoms with Crippen LogP contribution in [-0.2, 0) is 4.79 Å². The zero-order valence-electron chi connectivity index (χ0n) is 18.0. The predicted molar refractivity (Wildman–Crippen MR) is 122 cm³/mol. The molecule has 1 heterocycles. The molecule has 1 fully saturated rings. The van der Waals surface area contributed by atoms with Crippen LogP contribution in [0.25, 0.3) is 27.7 Å². The van der Waals surface area contributed by atoms with Gasteiger partial charge in [0.25, 0.3) is 0 Å². The number of hydrogen-bond donors (Lipinski definition) is 1. The summed E-state index contributed by atoms with van der Waals surface area (Å²) in [5, 5.41) is 4.17. The molecule has 1 N–H and O–H groups in total. The Morgan fingerprint density at radius 1 is 1.23 bits per heavy atom. The fourth-order valence-electron chi connectivity index (χ4n) is 4.37. The standard InChI is InChI=1S/C26H29NO3/c1-4-29-25-18(3)26-22(23(16-30-26)19-10-6-5-7-11-19)15-21(25)17(2)14-24(28)27-20-12-8-9-13-20/h5-7,10-11,14-16,20H,4,8-9,12-13H2,1-3H3,(H,27,28)/b17-14+. The molecule has 156 valence electrons. The number of fused-ring (bicyclic) bond motifs is 1. The van der Waals surface area contributed by atoms with Gasteiger partial charge in [-0.15, -0.1) is 0 Å². The highest BCUT2D eigenvalue weighted by Crippen LogP contribution is 2.40. The fraction of sp³-hybridized carbons (Fsp3) is 0.346. The zero-order chi connectivity index (χ0) is 21.1. The Morgan fingerprint density at radius 3 is 2.67 bits per heavy atom. The van der Waals surface area contributed by atoms with E-state index in [1.807, 2.05) is 39.0 Å². The summed E-state index contributed by atoms with van der Waals surface area (Å²) in [7, 11) is 0. The minimum Gasteiger partial charge on any atom is -0.493 e. The van der Waals surface area contributed by atoms with E-state index < -0.39 is 0 Å². The quantitative estimate of drug-likeness (QED) is 0.494. The van der Waals surface area contributed by atoms with Crippen molar-refractivity contribution in [3.8, 4) is 16.9 Å². The molecule has 0 spiro atoms. The average Bonchev–Trinajstić information content (AvgIpc) is 3.40. The minimum atomic E-state index is -0.0323. The molecule has 1 aromatic heterocycles. The third kappa shape index (κ3) is 4.00. The van der Waals surface area contributed by atoms with Gasteiger partial charge in [0.15, 0.2) is 0 Å². The number of rotatable bonds is 6. The van der Waals surface area contributed by atoms with E-state index >= 15 is 0 Å². The van der Waals surface area contributed by atoms with Gasteiger partial charge >= 0.3 is 0 Å². The van der Waals surface area contributed by atoms with Gasteiger partial charge in [0.2, 0.25) is 5.91 Å². The number of carbonyl (C=O) groups excluding carboxylic acids is 1. The number of nitrogens with one attached hydrogen (secondary N) is 1. The second-order valence-corrected chi connectivity index (χ2v) is 8.02. The van der Waals surface area contributed by atoms with Crippen molar-refractivity contribution in [2.45, 2.75) is 52.5 Å². The summed E-state index contributed by atoms with van der Waals surface area (Å²) in [4.78, 5) is 12.6. The number of ether oxygens (including phenoxy) is 1. The van der Waals surface area contributed by atoms with Crippen LogP contribution in [0.5, 0.6) is 5.75 Å². The molecule has 0 aliphatic heterocycles. The van der Waals surface area contributed by atoms with Crippen molar-refractivity contribution >= 4 is 22.4 Å². The maximum Gasteiger partial charge on any atom is 0.244 e. The molecule has 0 saturated heterocycles. The van der Waals surface area contributed by atoms with Crippen molar-refractivity contribution in [1.82, 2.24) is 5.32 Å². The molecule has 0 unspecified atom stereocenters. The smallest absolute Gasteiger partial charge is 0.244 e. The second kappa shape index (κ2) is 8.78. The highest BCUT2D eigenvalue weighted by molar-refractivity contribution is 6.01. The zero-order valence-corrected chi connectivity index (χ0v) is 18.0. The van der Waals surface area contributed by atoms with Gasteiger partial charge in [-0.25, -0.2) is 0 Å². The first-order chi connectivity index (χ1) is 14.6. The molecule has 1 amide bonds. The summed E-state index contributed by atoms with van der Waals surface area (Å²) in [5.41, 5.74) is 5.74. The number of furan rings is 1. The maximum absolute atomic E-state index is 12.6. The summed E-state index contributed by atoms with van der Waals surface area (Å²) >= 11 is 0. The Morgan fingerprint density at radius 2 is 1.97 bits per heavy atom. The van der Waals surface area contributed by atoms with Crippen LogP contribution in [0.1, 0.15) is 50.7 Å². The van der Waals surface area contributed by atoms with Crippen molar-refractivity contribution in [1.29, 1.82) is 0 Å². The van der Waals surface area contributed by atoms with E-state index in [4.69, 9.17) is 9.15 Å². The Hall–Kier alpha value is -3.01. The van der Waals surface area contributed by atoms with E-state index in [0.29, 0.717) is 12.6 Å². The number of benzene rings is 2. The monoisotopic (exact) mass is 403 g/mol. The van der Waals surface area contributed by atoms with Gasteiger partial charge in [0.05, 0.1) is 12.9 Å². The topological polar surface area (TPSA) is 51.5 Å². The third-order valence-electron chi connectivity index (χ3n) is 5.89. The van der Waals surface area contributed by atoms with E-state index in [9.17, 15) is 4.79 Å². The van der Waals surface area contributed by atoms with Gasteiger partial charge in [-0.2, -0.15) is 0 Å². The van der Waals surface area contributed by atoms with Gasteiger partial charge < -0.3 is 14.5 Å². The first kappa shape index (κ1) is 20.3. The molecule has 2 aromatic carbocycles. The Kier molecular flexibility index (Phi) is 5.93. The van der Waals surface area contributed by atoms with Crippen molar-refractivity contribution in [2.75, 3.05) is 6.61 Å². The normalized spacial score (nSPS) is 15.0. The number of allylic oxidation sites excluding steroid dienone is 1. The van der Waals surface area contributed by atoms with Crippen LogP contribution in [0, 0.1) is 6.92 Å². The Bertz CT molecular complexity index is 1070. The number of hydrogen-bond acceptors (Lipinski definition) is 3. The van der Waals surface area contributed by atoms with E-state index in [1.165, 1.54) is 12.8 Å². The second-order valence-electron chi connectivity index (χ2n) is 8.02. The molecular formula is C26H29NO3. The SMILES string of the molecule is CCOc1c(/C(C)=C/C(=O)NC2CCCC2)cc2c(-c3ccccc3)coc2c1C. The summed E-state index contributed by atoms with van der Waals surface area (Å²) in [6, 6.07) is 12.6. The summed E-state index contributed by atoms with van der Waals surface area (Å²) < 4.78 is 11.9. The number of amides is 1. The lowest BCUT2D eigenvalue weighted by Crippen LogP contribution is -2.31. The number of carbonyl (C=O) groups is 1. The molecule has 0 bridgehead atoms. The van der Waals surface area contributed by atoms with Crippen LogP contribution in [-0.4, -0.2) is 18.6 Å². The van der Waals surface area contributed by atoms with Crippen LogP contribution in [0.2, 0.25) is 0 Å². The van der Waals surface area contributed by atoms with Gasteiger partial charge in [0.1, 0.15) is 11.3 Å². The van der Waals surface area contributed by atoms with Crippen molar-refractivity contribution < 1.29 is 13.9 Å². The van der Waals surface area contributed by atoms with E-state index in [2.05, 4.69) is 23.5 Å². The molecular weight excluding hydrogens is 374 g/mol. The van der Waals surface area contributed by atoms with E-state index in [-0.39, 0.29) is 5.91 Å². The molecule has 0 atom stereocenters. The Labute approximate surface area is 177 Å². The van der Waals surface area contributed by atoms with Crippen molar-refractivity contribution in [3.05, 3.63) is 59.9 Å². The molecule has 1 saturated carbocycles.